The van der Waals surface area contributed by atoms with Crippen molar-refractivity contribution in [2.45, 2.75) is 19.0 Å². The van der Waals surface area contributed by atoms with E-state index in [1.807, 2.05) is 37.7 Å². The molecule has 0 saturated carbocycles. The first-order valence-corrected chi connectivity index (χ1v) is 13.4. The molecular weight excluding hydrogens is 488 g/mol. The fraction of sp³-hybridized carbons (Fsp3) is 0.0833. The van der Waals surface area contributed by atoms with Crippen LogP contribution in [0.25, 0.3) is 21.9 Å². The van der Waals surface area contributed by atoms with Crippen molar-refractivity contribution in [1.29, 1.82) is 0 Å². The Kier molecular flexibility index (Phi) is 6.90. The maximum atomic E-state index is 5.27. The Morgan fingerprint density at radius 1 is 0.800 bits per heavy atom. The van der Waals surface area contributed by atoms with Gasteiger partial charge < -0.3 is 4.57 Å². The molecule has 0 radical (unpaired) electrons. The lowest BCUT2D eigenvalue weighted by Crippen LogP contribution is -2.37. The molecule has 0 aliphatic heterocycles. The van der Waals surface area contributed by atoms with Crippen LogP contribution in [0.15, 0.2) is 151 Å². The highest BCUT2D eigenvalue weighted by Gasteiger charge is 2.40. The summed E-state index contributed by atoms with van der Waals surface area (Å²) >= 11 is 0. The third-order valence-electron chi connectivity index (χ3n) is 7.40. The van der Waals surface area contributed by atoms with Crippen LogP contribution in [0.4, 0.5) is 0 Å². The summed E-state index contributed by atoms with van der Waals surface area (Å²) in [6.45, 7) is 6.29. The van der Waals surface area contributed by atoms with Gasteiger partial charge in [0, 0.05) is 29.4 Å². The van der Waals surface area contributed by atoms with Crippen LogP contribution in [-0.4, -0.2) is 20.7 Å². The Morgan fingerprint density at radius 3 is 1.98 bits per heavy atom. The highest BCUT2D eigenvalue weighted by Crippen LogP contribution is 2.45. The summed E-state index contributed by atoms with van der Waals surface area (Å²) in [6, 6.07) is 38.4. The molecule has 0 fully saturated rings. The van der Waals surface area contributed by atoms with Crippen LogP contribution < -0.4 is 0 Å². The summed E-state index contributed by atoms with van der Waals surface area (Å²) in [7, 11) is 0. The van der Waals surface area contributed by atoms with Crippen LogP contribution in [-0.2, 0) is 12.1 Å². The SMILES string of the molecule is C=C/C(C)=C\C=NCc1ccc2c3cnccc3n(C(c3ccccc3)(c3ccccc3)c3ccccc3)c2n1. The average Bonchev–Trinajstić information content (AvgIpc) is 3.35. The molecule has 6 aromatic rings. The van der Waals surface area contributed by atoms with Gasteiger partial charge in [-0.15, -0.1) is 0 Å². The number of nitrogens with zero attached hydrogens (tertiary/aromatic N) is 4. The summed E-state index contributed by atoms with van der Waals surface area (Å²) in [5.74, 6) is 0. The van der Waals surface area contributed by atoms with Gasteiger partial charge >= 0.3 is 0 Å². The molecule has 0 unspecified atom stereocenters. The number of rotatable bonds is 8. The Bertz CT molecular complexity index is 1740. The molecule has 0 spiro atoms. The van der Waals surface area contributed by atoms with E-state index in [-0.39, 0.29) is 0 Å². The quantitative estimate of drug-likeness (QED) is 0.116. The third kappa shape index (κ3) is 4.34. The highest BCUT2D eigenvalue weighted by atomic mass is 15.1. The molecule has 3 aromatic carbocycles. The first kappa shape index (κ1) is 25.2. The number of fused-ring (bicyclic) bond motifs is 3. The molecule has 0 aliphatic carbocycles. The van der Waals surface area contributed by atoms with Gasteiger partial charge in [-0.05, 0) is 47.9 Å². The highest BCUT2D eigenvalue weighted by molar-refractivity contribution is 6.07. The molecule has 40 heavy (non-hydrogen) atoms. The maximum Gasteiger partial charge on any atom is 0.142 e. The Labute approximate surface area is 234 Å². The first-order valence-electron chi connectivity index (χ1n) is 13.4. The van der Waals surface area contributed by atoms with E-state index in [0.717, 1.165) is 49.9 Å². The van der Waals surface area contributed by atoms with Crippen molar-refractivity contribution in [3.05, 3.63) is 168 Å². The van der Waals surface area contributed by atoms with Gasteiger partial charge in [0.2, 0.25) is 0 Å². The monoisotopic (exact) mass is 518 g/mol. The van der Waals surface area contributed by atoms with E-state index in [4.69, 9.17) is 4.98 Å². The van der Waals surface area contributed by atoms with Crippen LogP contribution in [0.1, 0.15) is 29.3 Å². The number of aromatic nitrogens is 3. The van der Waals surface area contributed by atoms with E-state index in [1.165, 1.54) is 0 Å². The number of aliphatic imine (C=N–C) groups is 1. The van der Waals surface area contributed by atoms with Gasteiger partial charge in [0.1, 0.15) is 11.2 Å². The van der Waals surface area contributed by atoms with Crippen LogP contribution >= 0.6 is 0 Å². The minimum atomic E-state index is -0.691. The molecule has 3 heterocycles. The number of allylic oxidation sites excluding steroid dienone is 3. The standard InChI is InChI=1S/C36H30N4/c1-3-27(2)21-23-37-25-31-19-20-32-33-26-38-24-22-34(33)40(35(32)39-31)36(28-13-7-4-8-14-28,29-15-9-5-10-16-29)30-17-11-6-12-18-30/h3-24,26H,1,25H2,2H3/b27-21-,37-23?. The number of hydrogen-bond acceptors (Lipinski definition) is 3. The molecule has 0 amide bonds. The van der Waals surface area contributed by atoms with E-state index >= 15 is 0 Å². The van der Waals surface area contributed by atoms with Crippen molar-refractivity contribution in [3.63, 3.8) is 0 Å². The van der Waals surface area contributed by atoms with Crippen molar-refractivity contribution in [1.82, 2.24) is 14.5 Å². The van der Waals surface area contributed by atoms with Crippen molar-refractivity contribution < 1.29 is 0 Å². The molecule has 0 N–H and O–H groups in total. The van der Waals surface area contributed by atoms with Crippen molar-refractivity contribution in [2.24, 2.45) is 4.99 Å². The molecular formula is C36H30N4. The van der Waals surface area contributed by atoms with Crippen LogP contribution in [0.5, 0.6) is 0 Å². The Morgan fingerprint density at radius 2 is 1.40 bits per heavy atom. The van der Waals surface area contributed by atoms with Crippen molar-refractivity contribution in [3.8, 4) is 0 Å². The predicted molar refractivity (Wildman–Crippen MR) is 166 cm³/mol. The summed E-state index contributed by atoms with van der Waals surface area (Å²) in [6.07, 6.45) is 9.41. The fourth-order valence-electron chi connectivity index (χ4n) is 5.51. The maximum absolute atomic E-state index is 5.27. The van der Waals surface area contributed by atoms with E-state index < -0.39 is 5.54 Å². The lowest BCUT2D eigenvalue weighted by atomic mass is 9.76. The van der Waals surface area contributed by atoms with Gasteiger partial charge in [-0.2, -0.15) is 0 Å². The lowest BCUT2D eigenvalue weighted by molar-refractivity contribution is 0.545. The summed E-state index contributed by atoms with van der Waals surface area (Å²) in [5, 5.41) is 2.13. The topological polar surface area (TPSA) is 43.1 Å². The van der Waals surface area contributed by atoms with Crippen molar-refractivity contribution in [2.75, 3.05) is 0 Å². The second-order valence-electron chi connectivity index (χ2n) is 9.82. The number of pyridine rings is 2. The summed E-state index contributed by atoms with van der Waals surface area (Å²) in [4.78, 5) is 14.4. The molecule has 194 valence electrons. The molecule has 0 atom stereocenters. The largest absolute Gasteiger partial charge is 0.307 e. The van der Waals surface area contributed by atoms with E-state index in [0.29, 0.717) is 6.54 Å². The van der Waals surface area contributed by atoms with Gasteiger partial charge in [0.05, 0.1) is 17.8 Å². The molecule has 6 rings (SSSR count). The van der Waals surface area contributed by atoms with E-state index in [1.54, 1.807) is 0 Å². The van der Waals surface area contributed by atoms with Crippen LogP contribution in [0.2, 0.25) is 0 Å². The summed E-state index contributed by atoms with van der Waals surface area (Å²) < 4.78 is 2.40. The smallest absolute Gasteiger partial charge is 0.142 e. The third-order valence-corrected chi connectivity index (χ3v) is 7.40. The van der Waals surface area contributed by atoms with Crippen LogP contribution in [0, 0.1) is 0 Å². The summed E-state index contributed by atoms with van der Waals surface area (Å²) in [5.41, 5.74) is 6.69. The second kappa shape index (κ2) is 11.0. The van der Waals surface area contributed by atoms with Crippen LogP contribution in [0.3, 0.4) is 0 Å². The van der Waals surface area contributed by atoms with Gasteiger partial charge in [-0.25, -0.2) is 4.98 Å². The zero-order chi connectivity index (χ0) is 27.4. The molecule has 0 aliphatic rings. The minimum Gasteiger partial charge on any atom is -0.307 e. The van der Waals surface area contributed by atoms with Gasteiger partial charge in [0.15, 0.2) is 0 Å². The molecule has 0 bridgehead atoms. The first-order chi connectivity index (χ1) is 19.7. The molecule has 4 heteroatoms. The number of benzene rings is 3. The van der Waals surface area contributed by atoms with E-state index in [9.17, 15) is 0 Å². The lowest BCUT2D eigenvalue weighted by Gasteiger charge is -2.38. The molecule has 4 nitrogen and oxygen atoms in total. The Balaban J connectivity index is 1.71. The molecule has 0 saturated heterocycles. The Hall–Kier alpha value is -5.09. The zero-order valence-electron chi connectivity index (χ0n) is 22.5. The van der Waals surface area contributed by atoms with Gasteiger partial charge in [-0.3, -0.25) is 9.98 Å². The van der Waals surface area contributed by atoms with Gasteiger partial charge in [0.25, 0.3) is 0 Å². The fourth-order valence-corrected chi connectivity index (χ4v) is 5.51. The van der Waals surface area contributed by atoms with Crippen molar-refractivity contribution >= 4 is 28.2 Å². The minimum absolute atomic E-state index is 0.478. The van der Waals surface area contributed by atoms with E-state index in [2.05, 4.69) is 130 Å². The normalized spacial score (nSPS) is 12.4. The molecule has 3 aromatic heterocycles. The second-order valence-corrected chi connectivity index (χ2v) is 9.82. The zero-order valence-corrected chi connectivity index (χ0v) is 22.5. The predicted octanol–water partition coefficient (Wildman–Crippen LogP) is 8.13. The number of hydrogen-bond donors (Lipinski definition) is 0. The average molecular weight is 519 g/mol. The van der Waals surface area contributed by atoms with Gasteiger partial charge in [-0.1, -0.05) is 109 Å².